The van der Waals surface area contributed by atoms with Gasteiger partial charge in [-0.3, -0.25) is 9.69 Å². The summed E-state index contributed by atoms with van der Waals surface area (Å²) in [5.74, 6) is 3.10. The molecule has 1 saturated heterocycles. The summed E-state index contributed by atoms with van der Waals surface area (Å²) in [7, 11) is 0. The molecule has 3 fully saturated rings. The third-order valence-corrected chi connectivity index (χ3v) is 4.92. The van der Waals surface area contributed by atoms with E-state index >= 15 is 0 Å². The lowest BCUT2D eigenvalue weighted by molar-refractivity contribution is -0.133. The van der Waals surface area contributed by atoms with E-state index in [1.54, 1.807) is 0 Å². The molecule has 1 aromatic heterocycles. The van der Waals surface area contributed by atoms with Gasteiger partial charge >= 0.3 is 0 Å². The summed E-state index contributed by atoms with van der Waals surface area (Å²) in [6.07, 6.45) is 6.18. The highest BCUT2D eigenvalue weighted by Gasteiger charge is 2.29. The number of hydrogen-bond acceptors (Lipinski definition) is 5. The van der Waals surface area contributed by atoms with Crippen molar-refractivity contribution >= 4 is 5.91 Å². The molecule has 120 valence electrons. The van der Waals surface area contributed by atoms with Gasteiger partial charge < -0.3 is 9.42 Å². The van der Waals surface area contributed by atoms with Crippen LogP contribution < -0.4 is 0 Å². The average molecular weight is 304 g/mol. The Morgan fingerprint density at radius 2 is 1.91 bits per heavy atom. The summed E-state index contributed by atoms with van der Waals surface area (Å²) >= 11 is 0. The van der Waals surface area contributed by atoms with Crippen LogP contribution in [0.2, 0.25) is 0 Å². The molecule has 0 atom stereocenters. The van der Waals surface area contributed by atoms with E-state index in [-0.39, 0.29) is 5.91 Å². The largest absolute Gasteiger partial charge is 0.340 e. The number of rotatable bonds is 6. The van der Waals surface area contributed by atoms with Gasteiger partial charge in [-0.05, 0) is 31.6 Å². The Labute approximate surface area is 130 Å². The highest BCUT2D eigenvalue weighted by molar-refractivity contribution is 5.76. The van der Waals surface area contributed by atoms with Crippen molar-refractivity contribution in [3.8, 4) is 0 Å². The van der Waals surface area contributed by atoms with Crippen LogP contribution in [0.15, 0.2) is 4.52 Å². The van der Waals surface area contributed by atoms with Gasteiger partial charge in [0, 0.05) is 51.5 Å². The first-order valence-corrected chi connectivity index (χ1v) is 8.60. The van der Waals surface area contributed by atoms with Crippen LogP contribution in [0.4, 0.5) is 0 Å². The SMILES string of the molecule is O=C(CCc1nc(C2CC2)no1)N1CCN(CC2CC2)CC1. The molecule has 0 N–H and O–H groups in total. The van der Waals surface area contributed by atoms with Crippen LogP contribution in [0.5, 0.6) is 0 Å². The van der Waals surface area contributed by atoms with Gasteiger partial charge in [0.15, 0.2) is 5.82 Å². The van der Waals surface area contributed by atoms with Crippen LogP contribution >= 0.6 is 0 Å². The first kappa shape index (κ1) is 14.2. The second-order valence-electron chi connectivity index (χ2n) is 6.95. The molecule has 0 spiro atoms. The van der Waals surface area contributed by atoms with Crippen molar-refractivity contribution in [2.75, 3.05) is 32.7 Å². The lowest BCUT2D eigenvalue weighted by Gasteiger charge is -2.34. The number of carbonyl (C=O) groups excluding carboxylic acids is 1. The van der Waals surface area contributed by atoms with Crippen molar-refractivity contribution in [3.63, 3.8) is 0 Å². The molecular formula is C16H24N4O2. The molecule has 6 heteroatoms. The predicted molar refractivity (Wildman–Crippen MR) is 80.3 cm³/mol. The number of amides is 1. The van der Waals surface area contributed by atoms with Gasteiger partial charge in [-0.2, -0.15) is 4.98 Å². The van der Waals surface area contributed by atoms with Gasteiger partial charge in [0.1, 0.15) is 0 Å². The summed E-state index contributed by atoms with van der Waals surface area (Å²) in [5, 5.41) is 3.99. The van der Waals surface area contributed by atoms with Crippen molar-refractivity contribution in [1.29, 1.82) is 0 Å². The van der Waals surface area contributed by atoms with Crippen molar-refractivity contribution in [2.45, 2.75) is 44.4 Å². The van der Waals surface area contributed by atoms with E-state index in [4.69, 9.17) is 4.52 Å². The summed E-state index contributed by atoms with van der Waals surface area (Å²) < 4.78 is 5.23. The van der Waals surface area contributed by atoms with Gasteiger partial charge in [-0.15, -0.1) is 0 Å². The zero-order valence-corrected chi connectivity index (χ0v) is 13.0. The fourth-order valence-electron chi connectivity index (χ4n) is 3.09. The van der Waals surface area contributed by atoms with Gasteiger partial charge in [0.2, 0.25) is 11.8 Å². The van der Waals surface area contributed by atoms with Crippen LogP contribution in [-0.2, 0) is 11.2 Å². The highest BCUT2D eigenvalue weighted by Crippen LogP contribution is 2.38. The Kier molecular flexibility index (Phi) is 3.86. The first-order valence-electron chi connectivity index (χ1n) is 8.60. The zero-order valence-electron chi connectivity index (χ0n) is 13.0. The van der Waals surface area contributed by atoms with E-state index in [0.29, 0.717) is 24.7 Å². The number of aryl methyl sites for hydroxylation is 1. The predicted octanol–water partition coefficient (Wildman–Crippen LogP) is 1.43. The smallest absolute Gasteiger partial charge is 0.227 e. The fourth-order valence-corrected chi connectivity index (χ4v) is 3.09. The summed E-state index contributed by atoms with van der Waals surface area (Å²) in [4.78, 5) is 21.2. The maximum absolute atomic E-state index is 12.3. The standard InChI is InChI=1S/C16H24N4O2/c21-15(6-5-14-17-16(18-22-14)13-3-4-13)20-9-7-19(8-10-20)11-12-1-2-12/h12-13H,1-11H2. The number of aromatic nitrogens is 2. The Morgan fingerprint density at radius 3 is 2.59 bits per heavy atom. The summed E-state index contributed by atoms with van der Waals surface area (Å²) in [5.41, 5.74) is 0. The number of carbonyl (C=O) groups is 1. The zero-order chi connectivity index (χ0) is 14.9. The van der Waals surface area contributed by atoms with Gasteiger partial charge in [0.05, 0.1) is 0 Å². The van der Waals surface area contributed by atoms with Gasteiger partial charge in [-0.1, -0.05) is 5.16 Å². The lowest BCUT2D eigenvalue weighted by Crippen LogP contribution is -2.49. The average Bonchev–Trinajstić information content (AvgIpc) is 3.47. The third-order valence-electron chi connectivity index (χ3n) is 4.92. The van der Waals surface area contributed by atoms with Crippen molar-refractivity contribution < 1.29 is 9.32 Å². The molecule has 0 radical (unpaired) electrons. The molecule has 2 saturated carbocycles. The Morgan fingerprint density at radius 1 is 1.14 bits per heavy atom. The van der Waals surface area contributed by atoms with Crippen LogP contribution in [0.1, 0.15) is 49.7 Å². The van der Waals surface area contributed by atoms with Crippen molar-refractivity contribution in [3.05, 3.63) is 11.7 Å². The molecule has 6 nitrogen and oxygen atoms in total. The maximum atomic E-state index is 12.3. The topological polar surface area (TPSA) is 62.5 Å². The second-order valence-corrected chi connectivity index (χ2v) is 6.95. The van der Waals surface area contributed by atoms with E-state index < -0.39 is 0 Å². The van der Waals surface area contributed by atoms with Crippen molar-refractivity contribution in [2.24, 2.45) is 5.92 Å². The molecule has 1 aromatic rings. The Bertz CT molecular complexity index is 528. The summed E-state index contributed by atoms with van der Waals surface area (Å²) in [6, 6.07) is 0. The van der Waals surface area contributed by atoms with E-state index in [9.17, 15) is 4.79 Å². The first-order chi connectivity index (χ1) is 10.8. The minimum atomic E-state index is 0.220. The Balaban J connectivity index is 1.20. The summed E-state index contributed by atoms with van der Waals surface area (Å²) in [6.45, 7) is 5.00. The van der Waals surface area contributed by atoms with Crippen LogP contribution in [0, 0.1) is 5.92 Å². The Hall–Kier alpha value is -1.43. The van der Waals surface area contributed by atoms with Gasteiger partial charge in [0.25, 0.3) is 0 Å². The van der Waals surface area contributed by atoms with E-state index in [2.05, 4.69) is 15.0 Å². The molecule has 0 unspecified atom stereocenters. The molecule has 2 heterocycles. The van der Waals surface area contributed by atoms with Gasteiger partial charge in [-0.25, -0.2) is 0 Å². The van der Waals surface area contributed by atoms with E-state index in [1.165, 1.54) is 32.2 Å². The molecule has 1 amide bonds. The molecule has 2 aliphatic carbocycles. The maximum Gasteiger partial charge on any atom is 0.227 e. The fraction of sp³-hybridized carbons (Fsp3) is 0.812. The van der Waals surface area contributed by atoms with Crippen molar-refractivity contribution in [1.82, 2.24) is 19.9 Å². The molecule has 22 heavy (non-hydrogen) atoms. The third kappa shape index (κ3) is 3.48. The van der Waals surface area contributed by atoms with Crippen LogP contribution in [-0.4, -0.2) is 58.6 Å². The molecule has 0 bridgehead atoms. The quantitative estimate of drug-likeness (QED) is 0.795. The normalized spacial score (nSPS) is 23.0. The van der Waals surface area contributed by atoms with Crippen LogP contribution in [0.25, 0.3) is 0 Å². The van der Waals surface area contributed by atoms with Crippen LogP contribution in [0.3, 0.4) is 0 Å². The van der Waals surface area contributed by atoms with E-state index in [1.807, 2.05) is 4.90 Å². The minimum absolute atomic E-state index is 0.220. The molecule has 1 aliphatic heterocycles. The number of piperazine rings is 1. The highest BCUT2D eigenvalue weighted by atomic mass is 16.5. The number of hydrogen-bond donors (Lipinski definition) is 0. The second kappa shape index (κ2) is 5.99. The number of nitrogens with zero attached hydrogens (tertiary/aromatic N) is 4. The van der Waals surface area contributed by atoms with E-state index in [0.717, 1.165) is 37.9 Å². The molecule has 3 aliphatic rings. The molecular weight excluding hydrogens is 280 g/mol. The minimum Gasteiger partial charge on any atom is -0.340 e. The molecule has 4 rings (SSSR count). The lowest BCUT2D eigenvalue weighted by atomic mass is 10.2. The monoisotopic (exact) mass is 304 g/mol. The molecule has 0 aromatic carbocycles.